The van der Waals surface area contributed by atoms with E-state index in [-0.39, 0.29) is 5.56 Å². The summed E-state index contributed by atoms with van der Waals surface area (Å²) < 4.78 is 31.3. The molecule has 0 aliphatic carbocycles. The summed E-state index contributed by atoms with van der Waals surface area (Å²) in [5.41, 5.74) is 5.62. The molecule has 0 saturated carbocycles. The second-order valence-electron chi connectivity index (χ2n) is 5.82. The highest BCUT2D eigenvalue weighted by Gasteiger charge is 2.19. The van der Waals surface area contributed by atoms with Gasteiger partial charge >= 0.3 is 0 Å². The van der Waals surface area contributed by atoms with Crippen molar-refractivity contribution in [2.24, 2.45) is 0 Å². The number of aromatic nitrogens is 2. The molecule has 28 heavy (non-hydrogen) atoms. The Kier molecular flexibility index (Phi) is 5.64. The van der Waals surface area contributed by atoms with E-state index in [2.05, 4.69) is 21.0 Å². The van der Waals surface area contributed by atoms with Crippen molar-refractivity contribution >= 4 is 11.8 Å². The van der Waals surface area contributed by atoms with E-state index < -0.39 is 29.6 Å². The molecule has 0 aliphatic heterocycles. The van der Waals surface area contributed by atoms with Crippen molar-refractivity contribution in [3.05, 3.63) is 71.9 Å². The zero-order valence-corrected chi connectivity index (χ0v) is 14.7. The number of hydrazine groups is 1. The first kappa shape index (κ1) is 19.0. The van der Waals surface area contributed by atoms with E-state index in [9.17, 15) is 18.4 Å². The van der Waals surface area contributed by atoms with Gasteiger partial charge in [0.25, 0.3) is 11.8 Å². The third-order valence-electron chi connectivity index (χ3n) is 3.81. The molecule has 1 aromatic heterocycles. The van der Waals surface area contributed by atoms with Gasteiger partial charge in [0.15, 0.2) is 6.10 Å². The number of amides is 2. The molecule has 1 heterocycles. The minimum atomic E-state index is -0.938. The summed E-state index contributed by atoms with van der Waals surface area (Å²) >= 11 is 0. The summed E-state index contributed by atoms with van der Waals surface area (Å²) in [6.45, 7) is 1.48. The van der Waals surface area contributed by atoms with Crippen molar-refractivity contribution in [1.29, 1.82) is 0 Å². The molecule has 9 heteroatoms. The molecule has 0 bridgehead atoms. The Hall–Kier alpha value is -3.75. The van der Waals surface area contributed by atoms with Gasteiger partial charge in [-0.15, -0.1) is 0 Å². The molecule has 144 valence electrons. The maximum atomic E-state index is 13.1. The first-order valence-corrected chi connectivity index (χ1v) is 8.26. The van der Waals surface area contributed by atoms with Crippen LogP contribution in [-0.4, -0.2) is 28.1 Å². The number of carbonyl (C=O) groups is 2. The predicted molar refractivity (Wildman–Crippen MR) is 96.1 cm³/mol. The average molecular weight is 386 g/mol. The number of H-pyrrole nitrogens is 1. The lowest BCUT2D eigenvalue weighted by Gasteiger charge is -2.15. The van der Waals surface area contributed by atoms with Crippen molar-refractivity contribution in [3.63, 3.8) is 0 Å². The van der Waals surface area contributed by atoms with Crippen LogP contribution in [0.5, 0.6) is 5.75 Å². The Balaban J connectivity index is 1.59. The number of nitrogens with zero attached hydrogens (tertiary/aromatic N) is 1. The number of hydrogen-bond acceptors (Lipinski definition) is 4. The molecule has 1 atom stereocenters. The minimum Gasteiger partial charge on any atom is -0.481 e. The zero-order valence-electron chi connectivity index (χ0n) is 14.7. The van der Waals surface area contributed by atoms with Crippen LogP contribution in [0, 0.1) is 11.6 Å². The van der Waals surface area contributed by atoms with Crippen molar-refractivity contribution in [1.82, 2.24) is 21.0 Å². The highest BCUT2D eigenvalue weighted by atomic mass is 19.1. The molecule has 3 rings (SSSR count). The highest BCUT2D eigenvalue weighted by Crippen LogP contribution is 2.21. The Morgan fingerprint density at radius 2 is 1.61 bits per heavy atom. The van der Waals surface area contributed by atoms with Gasteiger partial charge in [0, 0.05) is 5.56 Å². The van der Waals surface area contributed by atoms with Crippen molar-refractivity contribution in [2.45, 2.75) is 13.0 Å². The molecule has 0 aliphatic rings. The largest absolute Gasteiger partial charge is 0.481 e. The molecule has 3 aromatic rings. The van der Waals surface area contributed by atoms with Crippen LogP contribution >= 0.6 is 0 Å². The van der Waals surface area contributed by atoms with E-state index in [1.807, 2.05) is 0 Å². The fraction of sp³-hybridized carbons (Fsp3) is 0.105. The lowest BCUT2D eigenvalue weighted by molar-refractivity contribution is -0.128. The summed E-state index contributed by atoms with van der Waals surface area (Å²) in [7, 11) is 0. The number of ether oxygens (including phenoxy) is 1. The fourth-order valence-corrected chi connectivity index (χ4v) is 2.35. The molecule has 0 saturated heterocycles. The first-order chi connectivity index (χ1) is 13.4. The fourth-order valence-electron chi connectivity index (χ4n) is 2.35. The molecule has 0 radical (unpaired) electrons. The number of hydrogen-bond donors (Lipinski definition) is 3. The summed E-state index contributed by atoms with van der Waals surface area (Å²) in [4.78, 5) is 24.4. The third kappa shape index (κ3) is 4.50. The van der Waals surface area contributed by atoms with E-state index in [4.69, 9.17) is 4.74 Å². The highest BCUT2D eigenvalue weighted by molar-refractivity contribution is 6.00. The standard InChI is InChI=1S/C19H16F2N4O3/c1-11(28-15-8-6-14(21)7-9-15)18(26)24-25-19(27)16-10-22-23-17(16)12-2-4-13(20)5-3-12/h2-11H,1H3,(H,22,23)(H,24,26)(H,25,27). The Bertz CT molecular complexity index is 972. The van der Waals surface area contributed by atoms with Crippen LogP contribution in [0.25, 0.3) is 11.3 Å². The number of halogens is 2. The topological polar surface area (TPSA) is 96.1 Å². The lowest BCUT2D eigenvalue weighted by atomic mass is 10.1. The van der Waals surface area contributed by atoms with E-state index in [1.54, 1.807) is 0 Å². The van der Waals surface area contributed by atoms with Gasteiger partial charge in [0.1, 0.15) is 17.4 Å². The Morgan fingerprint density at radius 3 is 2.25 bits per heavy atom. The van der Waals surface area contributed by atoms with Gasteiger partial charge in [-0.2, -0.15) is 5.10 Å². The monoisotopic (exact) mass is 386 g/mol. The summed E-state index contributed by atoms with van der Waals surface area (Å²) in [6, 6.07) is 10.7. The molecular formula is C19H16F2N4O3. The van der Waals surface area contributed by atoms with E-state index in [1.165, 1.54) is 61.7 Å². The minimum absolute atomic E-state index is 0.166. The molecule has 0 fully saturated rings. The maximum Gasteiger partial charge on any atom is 0.279 e. The van der Waals surface area contributed by atoms with Crippen molar-refractivity contribution < 1.29 is 23.1 Å². The lowest BCUT2D eigenvalue weighted by Crippen LogP contribution is -2.47. The molecule has 2 amide bonds. The molecule has 2 aromatic carbocycles. The van der Waals surface area contributed by atoms with Crippen LogP contribution in [-0.2, 0) is 4.79 Å². The van der Waals surface area contributed by atoms with Gasteiger partial charge in [0.05, 0.1) is 17.5 Å². The summed E-state index contributed by atoms with van der Waals surface area (Å²) in [5, 5.41) is 6.49. The second-order valence-corrected chi connectivity index (χ2v) is 5.82. The first-order valence-electron chi connectivity index (χ1n) is 8.26. The number of carbonyl (C=O) groups excluding carboxylic acids is 2. The SMILES string of the molecule is CC(Oc1ccc(F)cc1)C(=O)NNC(=O)c1cn[nH]c1-c1ccc(F)cc1. The third-order valence-corrected chi connectivity index (χ3v) is 3.81. The van der Waals surface area contributed by atoms with Crippen LogP contribution in [0.2, 0.25) is 0 Å². The number of aromatic amines is 1. The van der Waals surface area contributed by atoms with Crippen molar-refractivity contribution in [2.75, 3.05) is 0 Å². The van der Waals surface area contributed by atoms with Gasteiger partial charge in [-0.3, -0.25) is 25.5 Å². The number of nitrogens with one attached hydrogen (secondary N) is 3. The van der Waals surface area contributed by atoms with Crippen LogP contribution in [0.1, 0.15) is 17.3 Å². The molecule has 3 N–H and O–H groups in total. The summed E-state index contributed by atoms with van der Waals surface area (Å²) in [5.74, 6) is -1.74. The molecule has 7 nitrogen and oxygen atoms in total. The second kappa shape index (κ2) is 8.30. The zero-order chi connectivity index (χ0) is 20.1. The van der Waals surface area contributed by atoms with Crippen molar-refractivity contribution in [3.8, 4) is 17.0 Å². The van der Waals surface area contributed by atoms with Crippen LogP contribution in [0.3, 0.4) is 0 Å². The van der Waals surface area contributed by atoms with Gasteiger partial charge in [-0.25, -0.2) is 8.78 Å². The van der Waals surface area contributed by atoms with Crippen LogP contribution in [0.15, 0.2) is 54.7 Å². The van der Waals surface area contributed by atoms with E-state index in [0.717, 1.165) is 0 Å². The summed E-state index contributed by atoms with van der Waals surface area (Å²) in [6.07, 6.45) is 0.352. The molecule has 1 unspecified atom stereocenters. The van der Waals surface area contributed by atoms with E-state index >= 15 is 0 Å². The molecular weight excluding hydrogens is 370 g/mol. The van der Waals surface area contributed by atoms with Gasteiger partial charge in [-0.05, 0) is 55.5 Å². The van der Waals surface area contributed by atoms with Gasteiger partial charge in [0.2, 0.25) is 0 Å². The smallest absolute Gasteiger partial charge is 0.279 e. The van der Waals surface area contributed by atoms with Gasteiger partial charge in [-0.1, -0.05) is 0 Å². The predicted octanol–water partition coefficient (Wildman–Crippen LogP) is 2.58. The number of benzene rings is 2. The van der Waals surface area contributed by atoms with Crippen LogP contribution in [0.4, 0.5) is 8.78 Å². The quantitative estimate of drug-likeness (QED) is 0.588. The maximum absolute atomic E-state index is 13.1. The van der Waals surface area contributed by atoms with Gasteiger partial charge < -0.3 is 4.74 Å². The van der Waals surface area contributed by atoms with Crippen LogP contribution < -0.4 is 15.6 Å². The average Bonchev–Trinajstić information content (AvgIpc) is 3.18. The number of rotatable bonds is 5. The Morgan fingerprint density at radius 1 is 1.00 bits per heavy atom. The normalized spacial score (nSPS) is 11.5. The molecule has 0 spiro atoms. The Labute approximate surface area is 158 Å². The van der Waals surface area contributed by atoms with E-state index in [0.29, 0.717) is 17.0 Å².